The molecule has 26 heavy (non-hydrogen) atoms. The van der Waals surface area contributed by atoms with Crippen LogP contribution in [0.1, 0.15) is 44.6 Å². The quantitative estimate of drug-likeness (QED) is 0.813. The van der Waals surface area contributed by atoms with Gasteiger partial charge in [0, 0.05) is 45.2 Å². The zero-order valence-electron chi connectivity index (χ0n) is 15.9. The van der Waals surface area contributed by atoms with Crippen LogP contribution in [0.25, 0.3) is 0 Å². The van der Waals surface area contributed by atoms with E-state index >= 15 is 0 Å². The predicted molar refractivity (Wildman–Crippen MR) is 103 cm³/mol. The van der Waals surface area contributed by atoms with E-state index in [1.165, 1.54) is 6.42 Å². The second kappa shape index (κ2) is 9.17. The Hall–Kier alpha value is -1.88. The first-order valence-electron chi connectivity index (χ1n) is 10.0. The number of hydrogen-bond acceptors (Lipinski definition) is 3. The van der Waals surface area contributed by atoms with Crippen LogP contribution in [0.5, 0.6) is 0 Å². The molecule has 0 saturated carbocycles. The summed E-state index contributed by atoms with van der Waals surface area (Å²) in [5.41, 5.74) is 1.16. The number of nitrogens with zero attached hydrogens (tertiary/aromatic N) is 3. The van der Waals surface area contributed by atoms with Gasteiger partial charge in [-0.15, -0.1) is 0 Å². The third-order valence-electron chi connectivity index (χ3n) is 5.61. The number of amides is 2. The lowest BCUT2D eigenvalue weighted by atomic mass is 10.1. The third-order valence-corrected chi connectivity index (χ3v) is 5.61. The van der Waals surface area contributed by atoms with Crippen LogP contribution in [0.3, 0.4) is 0 Å². The molecule has 2 fully saturated rings. The molecule has 5 heteroatoms. The van der Waals surface area contributed by atoms with Crippen molar-refractivity contribution in [2.24, 2.45) is 0 Å². The van der Waals surface area contributed by atoms with Crippen LogP contribution in [0, 0.1) is 0 Å². The maximum Gasteiger partial charge on any atom is 0.236 e. The number of carbonyl (C=O) groups is 2. The molecular formula is C21H31N3O2. The van der Waals surface area contributed by atoms with Gasteiger partial charge in [-0.1, -0.05) is 37.3 Å². The minimum Gasteiger partial charge on any atom is -0.342 e. The van der Waals surface area contributed by atoms with Crippen LogP contribution < -0.4 is 0 Å². The molecule has 5 nitrogen and oxygen atoms in total. The normalized spacial score (nSPS) is 22.3. The molecule has 142 valence electrons. The summed E-state index contributed by atoms with van der Waals surface area (Å²) in [6.07, 6.45) is 4.87. The van der Waals surface area contributed by atoms with Gasteiger partial charge < -0.3 is 9.80 Å². The van der Waals surface area contributed by atoms with Gasteiger partial charge in [0.15, 0.2) is 0 Å². The molecule has 2 heterocycles. The smallest absolute Gasteiger partial charge is 0.236 e. The Bertz CT molecular complexity index is 599. The molecule has 0 aliphatic carbocycles. The monoisotopic (exact) mass is 357 g/mol. The Kier molecular flexibility index (Phi) is 6.67. The highest BCUT2D eigenvalue weighted by molar-refractivity contribution is 5.79. The summed E-state index contributed by atoms with van der Waals surface area (Å²) in [5.74, 6) is 0.428. The average Bonchev–Trinajstić information content (AvgIpc) is 2.83. The van der Waals surface area contributed by atoms with E-state index in [4.69, 9.17) is 0 Å². The SMILES string of the molecule is CC[C@@H]1CN(CC(=O)N2CCCCC2)CCC(=O)N1Cc1ccccc1. The molecule has 1 aromatic carbocycles. The van der Waals surface area contributed by atoms with Crippen LogP contribution in [0.15, 0.2) is 30.3 Å². The molecule has 0 bridgehead atoms. The highest BCUT2D eigenvalue weighted by Crippen LogP contribution is 2.18. The largest absolute Gasteiger partial charge is 0.342 e. The molecule has 1 aromatic rings. The van der Waals surface area contributed by atoms with Crippen molar-refractivity contribution in [2.45, 2.75) is 51.6 Å². The van der Waals surface area contributed by atoms with E-state index in [1.54, 1.807) is 0 Å². The summed E-state index contributed by atoms with van der Waals surface area (Å²) in [6, 6.07) is 10.3. The van der Waals surface area contributed by atoms with Crippen molar-refractivity contribution in [3.05, 3.63) is 35.9 Å². The number of hydrogen-bond donors (Lipinski definition) is 0. The topological polar surface area (TPSA) is 43.9 Å². The highest BCUT2D eigenvalue weighted by Gasteiger charge is 2.30. The van der Waals surface area contributed by atoms with Crippen molar-refractivity contribution in [3.8, 4) is 0 Å². The molecule has 2 aliphatic heterocycles. The second-order valence-electron chi connectivity index (χ2n) is 7.50. The van der Waals surface area contributed by atoms with Gasteiger partial charge in [-0.3, -0.25) is 14.5 Å². The van der Waals surface area contributed by atoms with Crippen molar-refractivity contribution in [1.82, 2.24) is 14.7 Å². The second-order valence-corrected chi connectivity index (χ2v) is 7.50. The molecule has 0 spiro atoms. The number of benzene rings is 1. The minimum absolute atomic E-state index is 0.166. The van der Waals surface area contributed by atoms with E-state index in [1.807, 2.05) is 28.0 Å². The van der Waals surface area contributed by atoms with Crippen molar-refractivity contribution < 1.29 is 9.59 Å². The van der Waals surface area contributed by atoms with E-state index in [-0.39, 0.29) is 17.9 Å². The lowest BCUT2D eigenvalue weighted by molar-refractivity contribution is -0.134. The van der Waals surface area contributed by atoms with Gasteiger partial charge in [0.2, 0.25) is 11.8 Å². The fraction of sp³-hybridized carbons (Fsp3) is 0.619. The molecule has 2 saturated heterocycles. The summed E-state index contributed by atoms with van der Waals surface area (Å²) in [4.78, 5) is 31.5. The molecule has 2 amide bonds. The molecule has 1 atom stereocenters. The van der Waals surface area contributed by atoms with Gasteiger partial charge in [-0.05, 0) is 31.2 Å². The maximum atomic E-state index is 12.7. The fourth-order valence-electron chi connectivity index (χ4n) is 4.01. The van der Waals surface area contributed by atoms with E-state index in [9.17, 15) is 9.59 Å². The van der Waals surface area contributed by atoms with Crippen molar-refractivity contribution >= 4 is 11.8 Å². The fourth-order valence-corrected chi connectivity index (χ4v) is 4.01. The van der Waals surface area contributed by atoms with Crippen LogP contribution in [0.4, 0.5) is 0 Å². The molecule has 0 radical (unpaired) electrons. The Morgan fingerprint density at radius 1 is 1.08 bits per heavy atom. The molecule has 0 unspecified atom stereocenters. The third kappa shape index (κ3) is 4.85. The zero-order valence-corrected chi connectivity index (χ0v) is 15.9. The average molecular weight is 357 g/mol. The number of carbonyl (C=O) groups excluding carboxylic acids is 2. The van der Waals surface area contributed by atoms with E-state index < -0.39 is 0 Å². The predicted octanol–water partition coefficient (Wildman–Crippen LogP) is 2.51. The van der Waals surface area contributed by atoms with E-state index in [2.05, 4.69) is 24.0 Å². The number of likely N-dealkylation sites (tertiary alicyclic amines) is 1. The van der Waals surface area contributed by atoms with Gasteiger partial charge in [0.05, 0.1) is 6.54 Å². The first kappa shape index (κ1) is 18.9. The summed E-state index contributed by atoms with van der Waals surface area (Å²) in [6.45, 7) is 6.49. The molecule has 3 rings (SSSR count). The van der Waals surface area contributed by atoms with E-state index in [0.717, 1.165) is 44.5 Å². The van der Waals surface area contributed by atoms with Crippen LogP contribution in [-0.4, -0.2) is 65.3 Å². The maximum absolute atomic E-state index is 12.7. The Morgan fingerprint density at radius 2 is 1.81 bits per heavy atom. The summed E-state index contributed by atoms with van der Waals surface area (Å²) in [5, 5.41) is 0. The van der Waals surface area contributed by atoms with Gasteiger partial charge in [-0.2, -0.15) is 0 Å². The lowest BCUT2D eigenvalue weighted by Gasteiger charge is -2.32. The Balaban J connectivity index is 1.63. The number of rotatable bonds is 5. The summed E-state index contributed by atoms with van der Waals surface area (Å²) < 4.78 is 0. The van der Waals surface area contributed by atoms with Crippen LogP contribution >= 0.6 is 0 Å². The van der Waals surface area contributed by atoms with E-state index in [0.29, 0.717) is 26.1 Å². The zero-order chi connectivity index (χ0) is 18.4. The van der Waals surface area contributed by atoms with Crippen LogP contribution in [-0.2, 0) is 16.1 Å². The highest BCUT2D eigenvalue weighted by atomic mass is 16.2. The molecule has 0 N–H and O–H groups in total. The molecule has 0 aromatic heterocycles. The van der Waals surface area contributed by atoms with Crippen molar-refractivity contribution in [1.29, 1.82) is 0 Å². The Morgan fingerprint density at radius 3 is 2.50 bits per heavy atom. The standard InChI is InChI=1S/C21H31N3O2/c1-2-19-16-22(17-21(26)23-12-7-4-8-13-23)14-11-20(25)24(19)15-18-9-5-3-6-10-18/h3,5-6,9-10,19H,2,4,7-8,11-17H2,1H3/t19-/m1/s1. The summed E-state index contributed by atoms with van der Waals surface area (Å²) in [7, 11) is 0. The van der Waals surface area contributed by atoms with Crippen molar-refractivity contribution in [3.63, 3.8) is 0 Å². The summed E-state index contributed by atoms with van der Waals surface area (Å²) >= 11 is 0. The van der Waals surface area contributed by atoms with Gasteiger partial charge >= 0.3 is 0 Å². The lowest BCUT2D eigenvalue weighted by Crippen LogP contribution is -2.46. The van der Waals surface area contributed by atoms with Crippen LogP contribution in [0.2, 0.25) is 0 Å². The van der Waals surface area contributed by atoms with Gasteiger partial charge in [0.25, 0.3) is 0 Å². The Labute approximate surface area is 156 Å². The molecular weight excluding hydrogens is 326 g/mol. The van der Waals surface area contributed by atoms with Gasteiger partial charge in [0.1, 0.15) is 0 Å². The number of piperidine rings is 1. The minimum atomic E-state index is 0.166. The first-order valence-corrected chi connectivity index (χ1v) is 10.0. The first-order chi connectivity index (χ1) is 12.7. The van der Waals surface area contributed by atoms with Crippen molar-refractivity contribution in [2.75, 3.05) is 32.7 Å². The van der Waals surface area contributed by atoms with Gasteiger partial charge in [-0.25, -0.2) is 0 Å². The molecule has 2 aliphatic rings.